The van der Waals surface area contributed by atoms with Gasteiger partial charge in [-0.25, -0.2) is 0 Å². The van der Waals surface area contributed by atoms with Gasteiger partial charge in [0.1, 0.15) is 17.1 Å². The molecule has 0 saturated carbocycles. The zero-order chi connectivity index (χ0) is 34.2. The molecule has 2 unspecified atom stereocenters. The Morgan fingerprint density at radius 2 is 1.62 bits per heavy atom. The summed E-state index contributed by atoms with van der Waals surface area (Å²) in [6.45, 7) is 5.16. The van der Waals surface area contributed by atoms with E-state index in [1.165, 1.54) is 14.0 Å². The van der Waals surface area contributed by atoms with Crippen molar-refractivity contribution in [3.05, 3.63) is 94.1 Å². The lowest BCUT2D eigenvalue weighted by molar-refractivity contribution is -0.189. The SMILES string of the molecule is COc1cc2c(c3c1c(=O)c1cc4ccccc4cc1n3C)C(OC(C)=O)C(OC(=O)CCCC(=O)NCc1ccccc1)C(C)(C)O2. The predicted octanol–water partition coefficient (Wildman–Crippen LogP) is 6.03. The molecule has 248 valence electrons. The molecule has 1 N–H and O–H groups in total. The van der Waals surface area contributed by atoms with Gasteiger partial charge in [0, 0.05) is 44.8 Å². The lowest BCUT2D eigenvalue weighted by Crippen LogP contribution is -2.52. The van der Waals surface area contributed by atoms with Crippen LogP contribution in [0.2, 0.25) is 0 Å². The zero-order valence-electron chi connectivity index (χ0n) is 27.6. The molecule has 0 saturated heterocycles. The number of amides is 1. The minimum Gasteiger partial charge on any atom is -0.496 e. The van der Waals surface area contributed by atoms with Gasteiger partial charge in [-0.1, -0.05) is 54.6 Å². The molecule has 0 fully saturated rings. The second-order valence-electron chi connectivity index (χ2n) is 12.6. The number of aryl methyl sites for hydroxylation is 1. The quantitative estimate of drug-likeness (QED) is 0.152. The third-order valence-corrected chi connectivity index (χ3v) is 8.80. The molecule has 4 aromatic carbocycles. The number of hydrogen-bond donors (Lipinski definition) is 1. The van der Waals surface area contributed by atoms with Crippen molar-refractivity contribution in [1.29, 1.82) is 0 Å². The number of carbonyl (C=O) groups excluding carboxylic acids is 3. The number of pyridine rings is 1. The van der Waals surface area contributed by atoms with Crippen molar-refractivity contribution in [1.82, 2.24) is 9.88 Å². The highest BCUT2D eigenvalue weighted by molar-refractivity contribution is 6.04. The van der Waals surface area contributed by atoms with Crippen molar-refractivity contribution in [3.63, 3.8) is 0 Å². The number of fused-ring (bicyclic) bond motifs is 5. The molecule has 2 heterocycles. The van der Waals surface area contributed by atoms with Crippen molar-refractivity contribution in [2.45, 2.75) is 64.4 Å². The van der Waals surface area contributed by atoms with Gasteiger partial charge in [-0.2, -0.15) is 0 Å². The number of carbonyl (C=O) groups is 3. The van der Waals surface area contributed by atoms with Crippen LogP contribution in [-0.2, 0) is 37.4 Å². The Morgan fingerprint density at radius 3 is 2.31 bits per heavy atom. The van der Waals surface area contributed by atoms with Crippen LogP contribution < -0.4 is 20.2 Å². The van der Waals surface area contributed by atoms with Crippen LogP contribution in [0.25, 0.3) is 32.6 Å². The Labute approximate surface area is 277 Å². The summed E-state index contributed by atoms with van der Waals surface area (Å²) < 4.78 is 26.0. The predicted molar refractivity (Wildman–Crippen MR) is 182 cm³/mol. The smallest absolute Gasteiger partial charge is 0.306 e. The second-order valence-corrected chi connectivity index (χ2v) is 12.6. The molecule has 48 heavy (non-hydrogen) atoms. The molecule has 2 atom stereocenters. The van der Waals surface area contributed by atoms with Gasteiger partial charge in [-0.05, 0) is 48.7 Å². The van der Waals surface area contributed by atoms with Crippen LogP contribution >= 0.6 is 0 Å². The van der Waals surface area contributed by atoms with Crippen LogP contribution in [0.1, 0.15) is 57.3 Å². The largest absolute Gasteiger partial charge is 0.496 e. The number of hydrogen-bond acceptors (Lipinski definition) is 8. The lowest BCUT2D eigenvalue weighted by Gasteiger charge is -2.43. The number of ether oxygens (including phenoxy) is 4. The van der Waals surface area contributed by atoms with Crippen molar-refractivity contribution in [2.24, 2.45) is 7.05 Å². The Bertz CT molecular complexity index is 2120. The molecule has 0 bridgehead atoms. The normalized spacial score (nSPS) is 16.6. The first kappa shape index (κ1) is 32.6. The van der Waals surface area contributed by atoms with E-state index in [4.69, 9.17) is 18.9 Å². The van der Waals surface area contributed by atoms with Crippen LogP contribution in [-0.4, -0.2) is 41.2 Å². The Kier molecular flexibility index (Phi) is 8.83. The Balaban J connectivity index is 1.35. The minimum absolute atomic E-state index is 0.0372. The summed E-state index contributed by atoms with van der Waals surface area (Å²) in [5.74, 6) is -0.704. The van der Waals surface area contributed by atoms with Gasteiger partial charge in [0.25, 0.3) is 0 Å². The molecule has 0 radical (unpaired) electrons. The number of aromatic nitrogens is 1. The van der Waals surface area contributed by atoms with Crippen molar-refractivity contribution in [2.75, 3.05) is 7.11 Å². The highest BCUT2D eigenvalue weighted by Crippen LogP contribution is 2.49. The van der Waals surface area contributed by atoms with Gasteiger partial charge in [-0.15, -0.1) is 0 Å². The number of nitrogens with one attached hydrogen (secondary N) is 1. The Hall–Kier alpha value is -5.38. The van der Waals surface area contributed by atoms with Crippen LogP contribution in [0.4, 0.5) is 0 Å². The van der Waals surface area contributed by atoms with Crippen LogP contribution in [0.15, 0.2) is 77.6 Å². The number of methoxy groups -OCH3 is 1. The summed E-state index contributed by atoms with van der Waals surface area (Å²) >= 11 is 0. The molecule has 1 aromatic heterocycles. The van der Waals surface area contributed by atoms with Gasteiger partial charge in [0.2, 0.25) is 11.3 Å². The van der Waals surface area contributed by atoms with E-state index < -0.39 is 29.7 Å². The summed E-state index contributed by atoms with van der Waals surface area (Å²) in [5, 5.41) is 5.51. The zero-order valence-corrected chi connectivity index (χ0v) is 27.6. The lowest BCUT2D eigenvalue weighted by atomic mass is 9.86. The fourth-order valence-electron chi connectivity index (χ4n) is 6.51. The van der Waals surface area contributed by atoms with Crippen LogP contribution in [0, 0.1) is 0 Å². The molecule has 6 rings (SSSR count). The fourth-order valence-corrected chi connectivity index (χ4v) is 6.51. The van der Waals surface area contributed by atoms with E-state index >= 15 is 0 Å². The van der Waals surface area contributed by atoms with Crippen molar-refractivity contribution >= 4 is 50.4 Å². The highest BCUT2D eigenvalue weighted by atomic mass is 16.6. The molecule has 0 aliphatic carbocycles. The van der Waals surface area contributed by atoms with Crippen molar-refractivity contribution in [3.8, 4) is 11.5 Å². The first-order valence-electron chi connectivity index (χ1n) is 15.9. The second kappa shape index (κ2) is 13.0. The van der Waals surface area contributed by atoms with E-state index in [9.17, 15) is 19.2 Å². The molecule has 10 heteroatoms. The molecular weight excluding hydrogens is 612 g/mol. The van der Waals surface area contributed by atoms with Gasteiger partial charge >= 0.3 is 11.9 Å². The fraction of sp³-hybridized carbons (Fsp3) is 0.316. The number of rotatable bonds is 9. The van der Waals surface area contributed by atoms with Gasteiger partial charge in [0.05, 0.1) is 29.1 Å². The Morgan fingerprint density at radius 1 is 0.938 bits per heavy atom. The topological polar surface area (TPSA) is 122 Å². The summed E-state index contributed by atoms with van der Waals surface area (Å²) in [6, 6.07) is 22.8. The van der Waals surface area contributed by atoms with E-state index in [1.807, 2.05) is 78.3 Å². The maximum atomic E-state index is 14.2. The molecule has 1 aliphatic rings. The number of esters is 2. The molecule has 5 aromatic rings. The average molecular weight is 651 g/mol. The van der Waals surface area contributed by atoms with Gasteiger partial charge in [0.15, 0.2) is 12.2 Å². The van der Waals surface area contributed by atoms with Gasteiger partial charge in [-0.3, -0.25) is 19.2 Å². The third kappa shape index (κ3) is 6.17. The van der Waals surface area contributed by atoms with E-state index in [0.29, 0.717) is 40.0 Å². The summed E-state index contributed by atoms with van der Waals surface area (Å²) in [6.07, 6.45) is -1.83. The van der Waals surface area contributed by atoms with Crippen molar-refractivity contribution < 1.29 is 33.3 Å². The molecular formula is C38H38N2O8. The minimum atomic E-state index is -1.15. The highest BCUT2D eigenvalue weighted by Gasteiger charge is 2.50. The first-order chi connectivity index (χ1) is 23.0. The maximum absolute atomic E-state index is 14.2. The van der Waals surface area contributed by atoms with Gasteiger partial charge < -0.3 is 28.8 Å². The third-order valence-electron chi connectivity index (χ3n) is 8.80. The van der Waals surface area contributed by atoms with E-state index in [-0.39, 0.29) is 36.0 Å². The molecule has 1 aliphatic heterocycles. The molecule has 1 amide bonds. The van der Waals surface area contributed by atoms with E-state index in [2.05, 4.69) is 5.32 Å². The number of benzene rings is 4. The average Bonchev–Trinajstić information content (AvgIpc) is 3.06. The summed E-state index contributed by atoms with van der Waals surface area (Å²) in [7, 11) is 3.31. The molecule has 10 nitrogen and oxygen atoms in total. The molecule has 0 spiro atoms. The monoisotopic (exact) mass is 650 g/mol. The van der Waals surface area contributed by atoms with E-state index in [1.54, 1.807) is 19.9 Å². The standard InChI is InChI=1S/C38H38N2O8/c1-22(41)46-36-33-29(48-38(2,3)37(36)47-31(43)17-11-16-30(42)39-21-23-12-7-6-8-13-23)20-28(45-5)32-34(33)40(4)27-19-25-15-10-9-14-24(25)18-26(27)35(32)44/h6-10,12-15,18-20,36-37H,11,16-17,21H2,1-5H3,(H,39,42). The maximum Gasteiger partial charge on any atom is 0.306 e. The van der Waals surface area contributed by atoms with Crippen LogP contribution in [0.5, 0.6) is 11.5 Å². The van der Waals surface area contributed by atoms with E-state index in [0.717, 1.165) is 16.3 Å². The van der Waals surface area contributed by atoms with Crippen LogP contribution in [0.3, 0.4) is 0 Å². The summed E-state index contributed by atoms with van der Waals surface area (Å²) in [5.41, 5.74) is 1.07. The number of nitrogens with zero attached hydrogens (tertiary/aromatic N) is 1. The summed E-state index contributed by atoms with van der Waals surface area (Å²) in [4.78, 5) is 52.5. The first-order valence-corrected chi connectivity index (χ1v) is 15.9.